The molecule has 4 N–H and O–H groups in total. The third-order valence-corrected chi connectivity index (χ3v) is 5.38. The predicted octanol–water partition coefficient (Wildman–Crippen LogP) is 4.02. The van der Waals surface area contributed by atoms with E-state index >= 15 is 0 Å². The van der Waals surface area contributed by atoms with Crippen molar-refractivity contribution in [2.45, 2.75) is 39.0 Å². The number of thiazole rings is 1. The minimum Gasteiger partial charge on any atom is -0.444 e. The fraction of sp³-hybridized carbons (Fsp3) is 0.300. The van der Waals surface area contributed by atoms with E-state index in [9.17, 15) is 13.2 Å². The van der Waals surface area contributed by atoms with Crippen LogP contribution in [-0.4, -0.2) is 35.8 Å². The summed E-state index contributed by atoms with van der Waals surface area (Å²) in [5.41, 5.74) is 1.25. The van der Waals surface area contributed by atoms with Gasteiger partial charge in [0.1, 0.15) is 11.8 Å². The molecule has 0 aliphatic heterocycles. The number of alkyl carbamates (subject to hydrolysis) is 1. The van der Waals surface area contributed by atoms with Crippen molar-refractivity contribution in [3.8, 4) is 0 Å². The topological polar surface area (TPSA) is 130 Å². The summed E-state index contributed by atoms with van der Waals surface area (Å²) in [5, 5.41) is 6.69. The Kier molecular flexibility index (Phi) is 6.68. The number of nitrogens with one attached hydrogen (secondary N) is 3. The number of rotatable bonds is 7. The van der Waals surface area contributed by atoms with Gasteiger partial charge in [-0.25, -0.2) is 9.78 Å². The first-order chi connectivity index (χ1) is 14.5. The maximum atomic E-state index is 12.3. The molecular weight excluding hydrogens is 440 g/mol. The van der Waals surface area contributed by atoms with Crippen molar-refractivity contribution in [3.63, 3.8) is 0 Å². The molecule has 3 rings (SSSR count). The van der Waals surface area contributed by atoms with Gasteiger partial charge in [-0.1, -0.05) is 35.6 Å². The Morgan fingerprint density at radius 3 is 2.45 bits per heavy atom. The van der Waals surface area contributed by atoms with Gasteiger partial charge in [-0.15, -0.1) is 0 Å². The van der Waals surface area contributed by atoms with E-state index in [0.717, 1.165) is 15.8 Å². The minimum atomic E-state index is -4.34. The summed E-state index contributed by atoms with van der Waals surface area (Å²) >= 11 is 1.47. The average molecular weight is 465 g/mol. The van der Waals surface area contributed by atoms with Crippen LogP contribution in [0.5, 0.6) is 0 Å². The number of fused-ring (bicyclic) bond motifs is 1. The third kappa shape index (κ3) is 7.39. The van der Waals surface area contributed by atoms with Crippen LogP contribution >= 0.6 is 11.3 Å². The quantitative estimate of drug-likeness (QED) is 0.307. The van der Waals surface area contributed by atoms with Gasteiger partial charge in [0, 0.05) is 6.42 Å². The van der Waals surface area contributed by atoms with Crippen LogP contribution in [0.3, 0.4) is 0 Å². The largest absolute Gasteiger partial charge is 0.444 e. The highest BCUT2D eigenvalue weighted by Gasteiger charge is 2.21. The lowest BCUT2D eigenvalue weighted by Crippen LogP contribution is -2.44. The van der Waals surface area contributed by atoms with Crippen LogP contribution in [-0.2, 0) is 21.5 Å². The van der Waals surface area contributed by atoms with Crippen molar-refractivity contribution >= 4 is 48.8 Å². The Morgan fingerprint density at radius 2 is 1.84 bits per heavy atom. The monoisotopic (exact) mass is 464 g/mol. The normalized spacial score (nSPS) is 12.9. The first-order valence-electron chi connectivity index (χ1n) is 9.43. The second-order valence-corrected chi connectivity index (χ2v) is 9.99. The summed E-state index contributed by atoms with van der Waals surface area (Å²) in [6, 6.07) is 14.1. The van der Waals surface area contributed by atoms with Gasteiger partial charge < -0.3 is 15.4 Å². The molecule has 1 atom stereocenters. The Bertz CT molecular complexity index is 1120. The number of benzene rings is 2. The van der Waals surface area contributed by atoms with Crippen LogP contribution < -0.4 is 15.4 Å². The molecule has 3 aromatic rings. The predicted molar refractivity (Wildman–Crippen MR) is 122 cm³/mol. The summed E-state index contributed by atoms with van der Waals surface area (Å²) in [6.07, 6.45) is -0.729. The van der Waals surface area contributed by atoms with Gasteiger partial charge in [-0.3, -0.25) is 9.27 Å². The molecule has 2 aromatic carbocycles. The van der Waals surface area contributed by atoms with Crippen molar-refractivity contribution in [2.75, 3.05) is 10.0 Å². The van der Waals surface area contributed by atoms with E-state index in [4.69, 9.17) is 9.29 Å². The van der Waals surface area contributed by atoms with E-state index in [1.807, 2.05) is 29.0 Å². The number of anilines is 2. The zero-order chi connectivity index (χ0) is 22.6. The summed E-state index contributed by atoms with van der Waals surface area (Å²) in [5.74, 6) is 0. The molecule has 0 bridgehead atoms. The second kappa shape index (κ2) is 9.08. The van der Waals surface area contributed by atoms with Crippen LogP contribution in [0.4, 0.5) is 15.6 Å². The molecule has 1 amide bonds. The van der Waals surface area contributed by atoms with Gasteiger partial charge in [0.05, 0.1) is 15.9 Å². The van der Waals surface area contributed by atoms with Gasteiger partial charge in [0.15, 0.2) is 5.13 Å². The SMILES string of the molecule is CC(C)(C)OC(=O)N[C@H](Cc1ccc(NS(=O)(=O)O)cc1)Nc1nc2ccccc2s1. The second-order valence-electron chi connectivity index (χ2n) is 7.81. The van der Waals surface area contributed by atoms with Crippen LogP contribution in [0, 0.1) is 0 Å². The third-order valence-electron chi connectivity index (χ3n) is 3.92. The van der Waals surface area contributed by atoms with Crippen molar-refractivity contribution in [1.29, 1.82) is 0 Å². The number of hydrogen-bond acceptors (Lipinski definition) is 7. The van der Waals surface area contributed by atoms with E-state index in [1.54, 1.807) is 32.9 Å². The number of para-hydroxylation sites is 1. The molecule has 0 unspecified atom stereocenters. The highest BCUT2D eigenvalue weighted by molar-refractivity contribution is 7.87. The van der Waals surface area contributed by atoms with E-state index in [0.29, 0.717) is 11.6 Å². The lowest BCUT2D eigenvalue weighted by Gasteiger charge is -2.24. The molecule has 1 heterocycles. The summed E-state index contributed by atoms with van der Waals surface area (Å²) < 4.78 is 39.1. The molecule has 0 saturated heterocycles. The fourth-order valence-corrected chi connectivity index (χ4v) is 4.12. The summed E-state index contributed by atoms with van der Waals surface area (Å²) in [6.45, 7) is 5.34. The van der Waals surface area contributed by atoms with Gasteiger partial charge >= 0.3 is 16.4 Å². The molecule has 11 heteroatoms. The molecule has 0 aliphatic rings. The van der Waals surface area contributed by atoms with Gasteiger partial charge in [0.2, 0.25) is 0 Å². The van der Waals surface area contributed by atoms with E-state index < -0.39 is 28.2 Å². The standard InChI is InChI=1S/C20H24N4O5S2/c1-20(2,3)29-19(25)23-17(22-18-21-15-6-4-5-7-16(15)30-18)12-13-8-10-14(11-9-13)24-31(26,27)28/h4-11,17,24H,12H2,1-3H3,(H,21,22)(H,23,25)(H,26,27,28)/t17-/m1/s1. The molecule has 0 radical (unpaired) electrons. The zero-order valence-electron chi connectivity index (χ0n) is 17.2. The number of carbonyl (C=O) groups is 1. The van der Waals surface area contributed by atoms with Crippen molar-refractivity contribution in [3.05, 3.63) is 54.1 Å². The lowest BCUT2D eigenvalue weighted by atomic mass is 10.1. The number of amides is 1. The van der Waals surface area contributed by atoms with E-state index in [-0.39, 0.29) is 5.69 Å². The van der Waals surface area contributed by atoms with E-state index in [1.165, 1.54) is 23.5 Å². The smallest absolute Gasteiger partial charge is 0.409 e. The first-order valence-corrected chi connectivity index (χ1v) is 11.7. The molecule has 1 aromatic heterocycles. The highest BCUT2D eigenvalue weighted by atomic mass is 32.2. The maximum Gasteiger partial charge on any atom is 0.409 e. The zero-order valence-corrected chi connectivity index (χ0v) is 18.9. The number of ether oxygens (including phenoxy) is 1. The molecule has 9 nitrogen and oxygen atoms in total. The molecule has 0 fully saturated rings. The Hall–Kier alpha value is -2.89. The summed E-state index contributed by atoms with van der Waals surface area (Å²) in [4.78, 5) is 16.9. The molecule has 0 aliphatic carbocycles. The lowest BCUT2D eigenvalue weighted by molar-refractivity contribution is 0.0510. The molecule has 0 spiro atoms. The first kappa shape index (κ1) is 22.8. The fourth-order valence-electron chi connectivity index (χ4n) is 2.76. The van der Waals surface area contributed by atoms with Crippen LogP contribution in [0.1, 0.15) is 26.3 Å². The van der Waals surface area contributed by atoms with E-state index in [2.05, 4.69) is 15.6 Å². The molecule has 166 valence electrons. The van der Waals surface area contributed by atoms with Crippen molar-refractivity contribution in [2.24, 2.45) is 0 Å². The van der Waals surface area contributed by atoms with Crippen LogP contribution in [0.2, 0.25) is 0 Å². The summed E-state index contributed by atoms with van der Waals surface area (Å²) in [7, 11) is -4.34. The van der Waals surface area contributed by atoms with Crippen LogP contribution in [0.25, 0.3) is 10.2 Å². The number of nitrogens with zero attached hydrogens (tertiary/aromatic N) is 1. The highest BCUT2D eigenvalue weighted by Crippen LogP contribution is 2.26. The van der Waals surface area contributed by atoms with Gasteiger partial charge in [-0.05, 0) is 50.6 Å². The molecular formula is C20H24N4O5S2. The number of hydrogen-bond donors (Lipinski definition) is 4. The average Bonchev–Trinajstić information content (AvgIpc) is 3.02. The maximum absolute atomic E-state index is 12.3. The van der Waals surface area contributed by atoms with Crippen molar-refractivity contribution < 1.29 is 22.5 Å². The Labute approximate surface area is 184 Å². The Morgan fingerprint density at radius 1 is 1.16 bits per heavy atom. The number of carbonyl (C=O) groups excluding carboxylic acids is 1. The van der Waals surface area contributed by atoms with Crippen molar-refractivity contribution in [1.82, 2.24) is 10.3 Å². The molecule has 31 heavy (non-hydrogen) atoms. The number of aromatic nitrogens is 1. The van der Waals surface area contributed by atoms with Gasteiger partial charge in [-0.2, -0.15) is 8.42 Å². The van der Waals surface area contributed by atoms with Gasteiger partial charge in [0.25, 0.3) is 0 Å². The minimum absolute atomic E-state index is 0.224. The molecule has 0 saturated carbocycles. The van der Waals surface area contributed by atoms with Crippen LogP contribution in [0.15, 0.2) is 48.5 Å². The Balaban J connectivity index is 1.76.